The molecule has 108 valence electrons. The van der Waals surface area contributed by atoms with Crippen LogP contribution in [0.1, 0.15) is 40.5 Å². The number of ether oxygens (including phenoxy) is 1. The van der Waals surface area contributed by atoms with E-state index in [4.69, 9.17) is 4.74 Å². The monoisotopic (exact) mass is 256 g/mol. The van der Waals surface area contributed by atoms with Crippen molar-refractivity contribution in [2.24, 2.45) is 11.8 Å². The number of nitrogens with one attached hydrogen (secondary N) is 1. The van der Waals surface area contributed by atoms with Gasteiger partial charge in [-0.3, -0.25) is 0 Å². The van der Waals surface area contributed by atoms with Gasteiger partial charge in [-0.1, -0.05) is 20.8 Å². The topological polar surface area (TPSA) is 24.5 Å². The summed E-state index contributed by atoms with van der Waals surface area (Å²) < 4.78 is 5.60. The smallest absolute Gasteiger partial charge is 0.0591 e. The molecule has 0 aliphatic carbocycles. The summed E-state index contributed by atoms with van der Waals surface area (Å²) in [5, 5.41) is 3.62. The molecule has 3 nitrogen and oxygen atoms in total. The summed E-state index contributed by atoms with van der Waals surface area (Å²) in [4.78, 5) is 2.55. The van der Waals surface area contributed by atoms with E-state index in [1.54, 1.807) is 0 Å². The van der Waals surface area contributed by atoms with Crippen LogP contribution in [-0.4, -0.2) is 50.3 Å². The van der Waals surface area contributed by atoms with Crippen molar-refractivity contribution in [2.45, 2.75) is 46.6 Å². The minimum Gasteiger partial charge on any atom is -0.380 e. The number of hydrogen-bond donors (Lipinski definition) is 1. The Morgan fingerprint density at radius 1 is 1.22 bits per heavy atom. The highest BCUT2D eigenvalue weighted by molar-refractivity contribution is 4.79. The highest BCUT2D eigenvalue weighted by Crippen LogP contribution is 2.20. The van der Waals surface area contributed by atoms with E-state index in [0.717, 1.165) is 25.7 Å². The maximum atomic E-state index is 5.60. The van der Waals surface area contributed by atoms with E-state index in [1.807, 2.05) is 0 Å². The van der Waals surface area contributed by atoms with Crippen LogP contribution in [0.5, 0.6) is 0 Å². The van der Waals surface area contributed by atoms with Crippen molar-refractivity contribution < 1.29 is 4.74 Å². The van der Waals surface area contributed by atoms with Gasteiger partial charge in [0.2, 0.25) is 0 Å². The van der Waals surface area contributed by atoms with Crippen molar-refractivity contribution in [3.63, 3.8) is 0 Å². The molecule has 18 heavy (non-hydrogen) atoms. The minimum atomic E-state index is 0.631. The molecule has 1 rings (SSSR count). The van der Waals surface area contributed by atoms with Gasteiger partial charge in [-0.05, 0) is 51.2 Å². The highest BCUT2D eigenvalue weighted by atomic mass is 16.5. The Hall–Kier alpha value is -0.120. The van der Waals surface area contributed by atoms with Gasteiger partial charge < -0.3 is 15.0 Å². The standard InChI is InChI=1S/C15H32N2O/c1-5-17-9-6-15(7-10-17)14(4)16-8-11-18-12-13(2)3/h13-16H,5-12H2,1-4H3. The number of hydrogen-bond acceptors (Lipinski definition) is 3. The predicted octanol–water partition coefficient (Wildman–Crippen LogP) is 2.37. The molecule has 3 heteroatoms. The lowest BCUT2D eigenvalue weighted by Gasteiger charge is -2.34. The molecule has 0 bridgehead atoms. The van der Waals surface area contributed by atoms with Crippen LogP contribution in [0.2, 0.25) is 0 Å². The first-order chi connectivity index (χ1) is 8.63. The molecule has 0 radical (unpaired) electrons. The van der Waals surface area contributed by atoms with E-state index in [2.05, 4.69) is 37.9 Å². The van der Waals surface area contributed by atoms with Crippen LogP contribution in [0.25, 0.3) is 0 Å². The average Bonchev–Trinajstić information content (AvgIpc) is 2.38. The molecule has 0 aromatic carbocycles. The Labute approximate surface area is 113 Å². The van der Waals surface area contributed by atoms with Crippen LogP contribution in [0.4, 0.5) is 0 Å². The number of piperidine rings is 1. The largest absolute Gasteiger partial charge is 0.380 e. The van der Waals surface area contributed by atoms with Crippen molar-refractivity contribution in [3.8, 4) is 0 Å². The molecule has 1 unspecified atom stereocenters. The lowest BCUT2D eigenvalue weighted by atomic mass is 9.90. The Morgan fingerprint density at radius 3 is 2.44 bits per heavy atom. The molecule has 0 amide bonds. The van der Waals surface area contributed by atoms with Gasteiger partial charge in [-0.2, -0.15) is 0 Å². The number of rotatable bonds is 8. The fraction of sp³-hybridized carbons (Fsp3) is 1.00. The average molecular weight is 256 g/mol. The maximum absolute atomic E-state index is 5.60. The van der Waals surface area contributed by atoms with Crippen LogP contribution in [-0.2, 0) is 4.74 Å². The number of nitrogens with zero attached hydrogens (tertiary/aromatic N) is 1. The third-order valence-electron chi connectivity index (χ3n) is 3.95. The van der Waals surface area contributed by atoms with E-state index < -0.39 is 0 Å². The summed E-state index contributed by atoms with van der Waals surface area (Å²) in [6.45, 7) is 15.4. The second-order valence-corrected chi connectivity index (χ2v) is 5.98. The lowest BCUT2D eigenvalue weighted by Crippen LogP contribution is -2.42. The Morgan fingerprint density at radius 2 is 1.89 bits per heavy atom. The zero-order chi connectivity index (χ0) is 13.4. The van der Waals surface area contributed by atoms with E-state index in [-0.39, 0.29) is 0 Å². The Kier molecular flexibility index (Phi) is 7.87. The van der Waals surface area contributed by atoms with Crippen LogP contribution in [0.3, 0.4) is 0 Å². The van der Waals surface area contributed by atoms with Crippen molar-refractivity contribution >= 4 is 0 Å². The summed E-state index contributed by atoms with van der Waals surface area (Å²) in [5.41, 5.74) is 0. The molecule has 0 saturated carbocycles. The highest BCUT2D eigenvalue weighted by Gasteiger charge is 2.22. The summed E-state index contributed by atoms with van der Waals surface area (Å²) >= 11 is 0. The normalized spacial score (nSPS) is 20.5. The van der Waals surface area contributed by atoms with Gasteiger partial charge in [-0.15, -0.1) is 0 Å². The van der Waals surface area contributed by atoms with E-state index in [9.17, 15) is 0 Å². The third kappa shape index (κ3) is 6.17. The SMILES string of the molecule is CCN1CCC(C(C)NCCOCC(C)C)CC1. The lowest BCUT2D eigenvalue weighted by molar-refractivity contribution is 0.105. The van der Waals surface area contributed by atoms with Gasteiger partial charge in [0.15, 0.2) is 0 Å². The van der Waals surface area contributed by atoms with Gasteiger partial charge in [0, 0.05) is 19.2 Å². The van der Waals surface area contributed by atoms with Crippen molar-refractivity contribution in [3.05, 3.63) is 0 Å². The molecule has 1 atom stereocenters. The fourth-order valence-electron chi connectivity index (χ4n) is 2.61. The summed E-state index contributed by atoms with van der Waals surface area (Å²) in [6, 6.07) is 0.631. The molecular formula is C15H32N2O. The molecular weight excluding hydrogens is 224 g/mol. The van der Waals surface area contributed by atoms with Crippen LogP contribution in [0, 0.1) is 11.8 Å². The predicted molar refractivity (Wildman–Crippen MR) is 78.0 cm³/mol. The van der Waals surface area contributed by atoms with Crippen molar-refractivity contribution in [1.82, 2.24) is 10.2 Å². The Balaban J connectivity index is 2.04. The minimum absolute atomic E-state index is 0.631. The quantitative estimate of drug-likeness (QED) is 0.675. The first-order valence-corrected chi connectivity index (χ1v) is 7.67. The summed E-state index contributed by atoms with van der Waals surface area (Å²) in [6.07, 6.45) is 2.68. The van der Waals surface area contributed by atoms with Gasteiger partial charge in [0.1, 0.15) is 0 Å². The van der Waals surface area contributed by atoms with E-state index in [1.165, 1.54) is 32.5 Å². The second kappa shape index (κ2) is 8.89. The van der Waals surface area contributed by atoms with Crippen LogP contribution in [0.15, 0.2) is 0 Å². The first-order valence-electron chi connectivity index (χ1n) is 7.67. The molecule has 1 saturated heterocycles. The van der Waals surface area contributed by atoms with Crippen LogP contribution < -0.4 is 5.32 Å². The molecule has 0 aromatic heterocycles. The van der Waals surface area contributed by atoms with E-state index >= 15 is 0 Å². The number of likely N-dealkylation sites (tertiary alicyclic amines) is 1. The molecule has 0 spiro atoms. The maximum Gasteiger partial charge on any atom is 0.0591 e. The van der Waals surface area contributed by atoms with Crippen molar-refractivity contribution in [2.75, 3.05) is 39.4 Å². The molecule has 0 aromatic rings. The van der Waals surface area contributed by atoms with E-state index in [0.29, 0.717) is 12.0 Å². The van der Waals surface area contributed by atoms with Gasteiger partial charge >= 0.3 is 0 Å². The molecule has 1 aliphatic heterocycles. The molecule has 1 heterocycles. The molecule has 1 fully saturated rings. The molecule has 1 aliphatic rings. The summed E-state index contributed by atoms with van der Waals surface area (Å²) in [7, 11) is 0. The Bertz CT molecular complexity index is 201. The third-order valence-corrected chi connectivity index (χ3v) is 3.95. The van der Waals surface area contributed by atoms with Gasteiger partial charge in [-0.25, -0.2) is 0 Å². The van der Waals surface area contributed by atoms with Crippen LogP contribution >= 0.6 is 0 Å². The fourth-order valence-corrected chi connectivity index (χ4v) is 2.61. The summed E-state index contributed by atoms with van der Waals surface area (Å²) in [5.74, 6) is 1.48. The van der Waals surface area contributed by atoms with Gasteiger partial charge in [0.25, 0.3) is 0 Å². The van der Waals surface area contributed by atoms with Crippen molar-refractivity contribution in [1.29, 1.82) is 0 Å². The zero-order valence-corrected chi connectivity index (χ0v) is 12.7. The van der Waals surface area contributed by atoms with Gasteiger partial charge in [0.05, 0.1) is 6.61 Å². The zero-order valence-electron chi connectivity index (χ0n) is 12.7. The molecule has 1 N–H and O–H groups in total. The first kappa shape index (κ1) is 15.9. The second-order valence-electron chi connectivity index (χ2n) is 5.98.